The first-order valence-electron chi connectivity index (χ1n) is 8.89. The number of nitrogens with zero attached hydrogens (tertiary/aromatic N) is 1. The second-order valence-corrected chi connectivity index (χ2v) is 8.38. The third-order valence-corrected chi connectivity index (χ3v) is 5.97. The molecule has 2 N–H and O–H groups in total. The molecule has 4 atom stereocenters. The highest BCUT2D eigenvalue weighted by atomic mass is 15.2. The molecule has 0 spiro atoms. The lowest BCUT2D eigenvalue weighted by atomic mass is 9.67. The van der Waals surface area contributed by atoms with Crippen molar-refractivity contribution in [3.05, 3.63) is 0 Å². The molecule has 2 nitrogen and oxygen atoms in total. The first-order valence-corrected chi connectivity index (χ1v) is 8.89. The Hall–Kier alpha value is -0.0800. The molecule has 0 aromatic heterocycles. The van der Waals surface area contributed by atoms with Gasteiger partial charge in [-0.25, -0.2) is 0 Å². The number of hydrogen-bond donors (Lipinski definition) is 1. The van der Waals surface area contributed by atoms with Crippen LogP contribution < -0.4 is 5.73 Å². The maximum atomic E-state index is 6.08. The Morgan fingerprint density at radius 2 is 1.90 bits per heavy atom. The van der Waals surface area contributed by atoms with Crippen LogP contribution in [0.5, 0.6) is 0 Å². The number of hydrogen-bond acceptors (Lipinski definition) is 2. The van der Waals surface area contributed by atoms with Gasteiger partial charge in [0.1, 0.15) is 0 Å². The zero-order valence-electron chi connectivity index (χ0n) is 14.2. The van der Waals surface area contributed by atoms with Crippen molar-refractivity contribution in [1.29, 1.82) is 0 Å². The van der Waals surface area contributed by atoms with E-state index in [-0.39, 0.29) is 0 Å². The highest BCUT2D eigenvalue weighted by Gasteiger charge is 2.39. The fraction of sp³-hybridized carbons (Fsp3) is 1.00. The van der Waals surface area contributed by atoms with Crippen LogP contribution in [-0.4, -0.2) is 30.6 Å². The molecule has 0 bridgehead atoms. The van der Waals surface area contributed by atoms with E-state index in [1.165, 1.54) is 51.6 Å². The van der Waals surface area contributed by atoms with Gasteiger partial charge < -0.3 is 5.73 Å². The molecule has 20 heavy (non-hydrogen) atoms. The second-order valence-electron chi connectivity index (χ2n) is 8.38. The van der Waals surface area contributed by atoms with Crippen LogP contribution in [0.15, 0.2) is 0 Å². The van der Waals surface area contributed by atoms with Crippen LogP contribution >= 0.6 is 0 Å². The molecule has 1 aliphatic heterocycles. The van der Waals surface area contributed by atoms with Crippen LogP contribution in [0, 0.1) is 23.2 Å². The summed E-state index contributed by atoms with van der Waals surface area (Å²) < 4.78 is 0. The van der Waals surface area contributed by atoms with E-state index >= 15 is 0 Å². The lowest BCUT2D eigenvalue weighted by molar-refractivity contribution is 0.0560. The quantitative estimate of drug-likeness (QED) is 0.846. The van der Waals surface area contributed by atoms with E-state index in [1.54, 1.807) is 0 Å². The van der Waals surface area contributed by atoms with E-state index in [0.717, 1.165) is 30.3 Å². The topological polar surface area (TPSA) is 29.3 Å². The fourth-order valence-electron chi connectivity index (χ4n) is 4.53. The second kappa shape index (κ2) is 6.79. The molecule has 1 heterocycles. The molecule has 2 aliphatic rings. The molecule has 2 rings (SSSR count). The summed E-state index contributed by atoms with van der Waals surface area (Å²) in [5, 5.41) is 0. The van der Waals surface area contributed by atoms with E-state index in [2.05, 4.69) is 32.6 Å². The Labute approximate surface area is 126 Å². The first-order chi connectivity index (χ1) is 9.45. The minimum atomic E-state index is 0.459. The third-order valence-electron chi connectivity index (χ3n) is 5.97. The Morgan fingerprint density at radius 3 is 2.50 bits per heavy atom. The summed E-state index contributed by atoms with van der Waals surface area (Å²) in [7, 11) is 0. The standard InChI is InChI=1S/C18H36N2/c1-5-6-14-9-10-20(13-14)17-11-16(18(2,3)4)8-7-15(17)12-19/h14-17H,5-13,19H2,1-4H3. The van der Waals surface area contributed by atoms with E-state index in [4.69, 9.17) is 5.73 Å². The van der Waals surface area contributed by atoms with Gasteiger partial charge in [0.15, 0.2) is 0 Å². The molecule has 118 valence electrons. The predicted molar refractivity (Wildman–Crippen MR) is 87.7 cm³/mol. The molecule has 4 unspecified atom stereocenters. The molecule has 2 fully saturated rings. The minimum absolute atomic E-state index is 0.459. The average Bonchev–Trinajstić information content (AvgIpc) is 2.86. The van der Waals surface area contributed by atoms with E-state index < -0.39 is 0 Å². The third kappa shape index (κ3) is 3.76. The summed E-state index contributed by atoms with van der Waals surface area (Å²) >= 11 is 0. The Bertz CT molecular complexity index is 294. The van der Waals surface area contributed by atoms with E-state index in [1.807, 2.05) is 0 Å². The molecule has 1 saturated carbocycles. The van der Waals surface area contributed by atoms with Crippen molar-refractivity contribution >= 4 is 0 Å². The minimum Gasteiger partial charge on any atom is -0.330 e. The highest BCUT2D eigenvalue weighted by molar-refractivity contribution is 4.93. The van der Waals surface area contributed by atoms with Crippen molar-refractivity contribution in [2.75, 3.05) is 19.6 Å². The summed E-state index contributed by atoms with van der Waals surface area (Å²) in [6, 6.07) is 0.764. The van der Waals surface area contributed by atoms with Gasteiger partial charge in [0.05, 0.1) is 0 Å². The van der Waals surface area contributed by atoms with Gasteiger partial charge in [-0.1, -0.05) is 34.1 Å². The van der Waals surface area contributed by atoms with Crippen molar-refractivity contribution in [2.45, 2.75) is 72.3 Å². The van der Waals surface area contributed by atoms with Crippen LogP contribution in [0.4, 0.5) is 0 Å². The highest BCUT2D eigenvalue weighted by Crippen LogP contribution is 2.42. The van der Waals surface area contributed by atoms with Crippen LogP contribution in [0.1, 0.15) is 66.2 Å². The van der Waals surface area contributed by atoms with Crippen molar-refractivity contribution in [2.24, 2.45) is 28.9 Å². The van der Waals surface area contributed by atoms with Gasteiger partial charge >= 0.3 is 0 Å². The average molecular weight is 280 g/mol. The number of rotatable bonds is 4. The van der Waals surface area contributed by atoms with Crippen molar-refractivity contribution in [3.63, 3.8) is 0 Å². The molecule has 1 saturated heterocycles. The molecular formula is C18H36N2. The molecule has 0 amide bonds. The van der Waals surface area contributed by atoms with Crippen molar-refractivity contribution < 1.29 is 0 Å². The lowest BCUT2D eigenvalue weighted by Gasteiger charge is -2.45. The maximum Gasteiger partial charge on any atom is 0.0138 e. The monoisotopic (exact) mass is 280 g/mol. The Balaban J connectivity index is 1.99. The molecule has 1 aliphatic carbocycles. The molecule has 0 aromatic carbocycles. The smallest absolute Gasteiger partial charge is 0.0138 e. The van der Waals surface area contributed by atoms with Crippen molar-refractivity contribution in [1.82, 2.24) is 4.90 Å². The Kier molecular flexibility index (Phi) is 5.53. The molecule has 0 aromatic rings. The Morgan fingerprint density at radius 1 is 1.15 bits per heavy atom. The van der Waals surface area contributed by atoms with Gasteiger partial charge in [0.25, 0.3) is 0 Å². The van der Waals surface area contributed by atoms with Gasteiger partial charge in [0.2, 0.25) is 0 Å². The largest absolute Gasteiger partial charge is 0.330 e. The van der Waals surface area contributed by atoms with E-state index in [9.17, 15) is 0 Å². The first kappa shape index (κ1) is 16.3. The van der Waals surface area contributed by atoms with Crippen LogP contribution in [0.3, 0.4) is 0 Å². The normalized spacial score (nSPS) is 36.5. The zero-order valence-corrected chi connectivity index (χ0v) is 14.2. The number of likely N-dealkylation sites (tertiary alicyclic amines) is 1. The van der Waals surface area contributed by atoms with Crippen LogP contribution in [0.25, 0.3) is 0 Å². The summed E-state index contributed by atoms with van der Waals surface area (Å²) in [6.07, 6.45) is 8.28. The van der Waals surface area contributed by atoms with Crippen LogP contribution in [0.2, 0.25) is 0 Å². The molecular weight excluding hydrogens is 244 g/mol. The van der Waals surface area contributed by atoms with Gasteiger partial charge in [-0.15, -0.1) is 0 Å². The predicted octanol–water partition coefficient (Wildman–Crippen LogP) is 3.90. The van der Waals surface area contributed by atoms with Gasteiger partial charge in [-0.3, -0.25) is 4.90 Å². The van der Waals surface area contributed by atoms with Gasteiger partial charge in [-0.2, -0.15) is 0 Å². The summed E-state index contributed by atoms with van der Waals surface area (Å²) in [6.45, 7) is 13.1. The summed E-state index contributed by atoms with van der Waals surface area (Å²) in [5.41, 5.74) is 6.54. The maximum absolute atomic E-state index is 6.08. The van der Waals surface area contributed by atoms with E-state index in [0.29, 0.717) is 5.41 Å². The lowest BCUT2D eigenvalue weighted by Crippen LogP contribution is -2.47. The van der Waals surface area contributed by atoms with Crippen LogP contribution in [-0.2, 0) is 0 Å². The molecule has 2 heteroatoms. The SMILES string of the molecule is CCCC1CCN(C2CC(C(C)(C)C)CCC2CN)C1. The summed E-state index contributed by atoms with van der Waals surface area (Å²) in [4.78, 5) is 2.80. The van der Waals surface area contributed by atoms with Gasteiger partial charge in [-0.05, 0) is 68.4 Å². The zero-order chi connectivity index (χ0) is 14.8. The van der Waals surface area contributed by atoms with Crippen molar-refractivity contribution in [3.8, 4) is 0 Å². The summed E-state index contributed by atoms with van der Waals surface area (Å²) in [5.74, 6) is 2.57. The molecule has 0 radical (unpaired) electrons. The fourth-order valence-corrected chi connectivity index (χ4v) is 4.53. The van der Waals surface area contributed by atoms with Gasteiger partial charge in [0, 0.05) is 12.6 Å². The number of nitrogens with two attached hydrogens (primary N) is 1.